The van der Waals surface area contributed by atoms with Crippen LogP contribution >= 0.6 is 0 Å². The first-order valence-electron chi connectivity index (χ1n) is 14.3. The van der Waals surface area contributed by atoms with Crippen LogP contribution < -0.4 is 0 Å². The lowest BCUT2D eigenvalue weighted by Crippen LogP contribution is -2.46. The van der Waals surface area contributed by atoms with E-state index in [4.69, 9.17) is 0 Å². The molecule has 0 fully saturated rings. The van der Waals surface area contributed by atoms with Gasteiger partial charge in [0.1, 0.15) is 0 Å². The van der Waals surface area contributed by atoms with Crippen LogP contribution in [0, 0.1) is 0 Å². The molecule has 200 valence electrons. The van der Waals surface area contributed by atoms with Crippen LogP contribution in [-0.4, -0.2) is 45.5 Å². The van der Waals surface area contributed by atoms with Crippen molar-refractivity contribution in [2.24, 2.45) is 0 Å². The zero-order valence-corrected chi connectivity index (χ0v) is 23.1. The van der Waals surface area contributed by atoms with Gasteiger partial charge in [-0.05, 0) is 83.3 Å². The Hall–Kier alpha value is -4.32. The number of fused-ring (bicyclic) bond motifs is 2. The van der Waals surface area contributed by atoms with Gasteiger partial charge < -0.3 is 0 Å². The van der Waals surface area contributed by atoms with Gasteiger partial charge in [-0.3, -0.25) is 29.0 Å². The van der Waals surface area contributed by atoms with Crippen LogP contribution in [0.4, 0.5) is 0 Å². The summed E-state index contributed by atoms with van der Waals surface area (Å²) in [6, 6.07) is 14.8. The lowest BCUT2D eigenvalue weighted by Gasteiger charge is -2.33. The lowest BCUT2D eigenvalue weighted by molar-refractivity contribution is 0.0528. The molecular formula is C34H30N2O4. The summed E-state index contributed by atoms with van der Waals surface area (Å²) in [5, 5.41) is 6.76. The van der Waals surface area contributed by atoms with Crippen molar-refractivity contribution < 1.29 is 19.2 Å². The molecule has 6 nitrogen and oxygen atoms in total. The maximum atomic E-state index is 13.7. The molecule has 7 rings (SSSR count). The molecule has 0 aromatic heterocycles. The standard InChI is InChI=1S/C34H30N2O4/c1-5-7-17(3)35-31(37)23-13-9-19-21-11-15-25-30-26(34(40)36(33(25)39)18(4)8-6-2)16-12-22(28(21)30)20-10-14-24(32(35)38)29(23)27(19)20/h9-18H,5-8H2,1-4H3. The minimum Gasteiger partial charge on any atom is -0.272 e. The van der Waals surface area contributed by atoms with E-state index in [9.17, 15) is 19.2 Å². The molecule has 5 aromatic rings. The summed E-state index contributed by atoms with van der Waals surface area (Å²) >= 11 is 0. The number of hydrogen-bond donors (Lipinski definition) is 0. The topological polar surface area (TPSA) is 74.8 Å². The average Bonchev–Trinajstić information content (AvgIpc) is 2.94. The minimum absolute atomic E-state index is 0.188. The van der Waals surface area contributed by atoms with Gasteiger partial charge in [-0.1, -0.05) is 51.0 Å². The van der Waals surface area contributed by atoms with Gasteiger partial charge in [0.25, 0.3) is 23.6 Å². The molecule has 6 heteroatoms. The molecule has 0 saturated carbocycles. The molecule has 0 bridgehead atoms. The third-order valence-electron chi connectivity index (χ3n) is 8.99. The van der Waals surface area contributed by atoms with Crippen LogP contribution in [-0.2, 0) is 0 Å². The monoisotopic (exact) mass is 530 g/mol. The normalized spacial score (nSPS) is 16.8. The van der Waals surface area contributed by atoms with E-state index in [1.165, 1.54) is 9.80 Å². The third kappa shape index (κ3) is 2.99. The SMILES string of the molecule is CCCC(C)N1C(=O)c2ccc3c4ccc5c6c(ccc(c7ccc(c2c37)C1=O)c64)C(=O)N(C(C)CCC)C5=O. The maximum Gasteiger partial charge on any atom is 0.261 e. The fourth-order valence-electron chi connectivity index (χ4n) is 7.20. The van der Waals surface area contributed by atoms with Gasteiger partial charge in [-0.15, -0.1) is 0 Å². The summed E-state index contributed by atoms with van der Waals surface area (Å²) < 4.78 is 0. The van der Waals surface area contributed by atoms with Gasteiger partial charge in [0, 0.05) is 45.1 Å². The zero-order valence-electron chi connectivity index (χ0n) is 23.1. The van der Waals surface area contributed by atoms with Gasteiger partial charge in [0.05, 0.1) is 0 Å². The number of benzene rings is 5. The average molecular weight is 531 g/mol. The largest absolute Gasteiger partial charge is 0.272 e. The molecule has 40 heavy (non-hydrogen) atoms. The van der Waals surface area contributed by atoms with Crippen LogP contribution in [0.25, 0.3) is 43.1 Å². The van der Waals surface area contributed by atoms with Crippen molar-refractivity contribution in [3.63, 3.8) is 0 Å². The van der Waals surface area contributed by atoms with E-state index < -0.39 is 0 Å². The minimum atomic E-state index is -0.254. The van der Waals surface area contributed by atoms with E-state index in [1.807, 2.05) is 76.2 Å². The molecular weight excluding hydrogens is 500 g/mol. The quantitative estimate of drug-likeness (QED) is 0.131. The Kier molecular flexibility index (Phi) is 5.30. The van der Waals surface area contributed by atoms with Gasteiger partial charge in [0.2, 0.25) is 0 Å². The first-order valence-corrected chi connectivity index (χ1v) is 14.3. The maximum absolute atomic E-state index is 13.7. The van der Waals surface area contributed by atoms with Gasteiger partial charge in [-0.25, -0.2) is 0 Å². The predicted octanol–water partition coefficient (Wildman–Crippen LogP) is 7.31. The smallest absolute Gasteiger partial charge is 0.261 e. The highest BCUT2D eigenvalue weighted by Gasteiger charge is 2.39. The second kappa shape index (κ2) is 8.59. The van der Waals surface area contributed by atoms with Crippen molar-refractivity contribution >= 4 is 66.7 Å². The number of amides is 4. The van der Waals surface area contributed by atoms with E-state index in [0.29, 0.717) is 33.0 Å². The number of nitrogens with zero attached hydrogens (tertiary/aromatic N) is 2. The van der Waals surface area contributed by atoms with Crippen molar-refractivity contribution in [3.8, 4) is 0 Å². The lowest BCUT2D eigenvalue weighted by atomic mass is 9.82. The highest BCUT2D eigenvalue weighted by atomic mass is 16.2. The van der Waals surface area contributed by atoms with Crippen molar-refractivity contribution in [2.45, 2.75) is 65.5 Å². The summed E-state index contributed by atoms with van der Waals surface area (Å²) in [7, 11) is 0. The van der Waals surface area contributed by atoms with Gasteiger partial charge in [-0.2, -0.15) is 0 Å². The summed E-state index contributed by atoms with van der Waals surface area (Å²) in [4.78, 5) is 57.5. The number of carbonyl (C=O) groups is 4. The molecule has 2 atom stereocenters. The van der Waals surface area contributed by atoms with E-state index in [2.05, 4.69) is 0 Å². The predicted molar refractivity (Wildman–Crippen MR) is 157 cm³/mol. The van der Waals surface area contributed by atoms with Gasteiger partial charge in [0.15, 0.2) is 0 Å². The number of imide groups is 2. The first-order chi connectivity index (χ1) is 19.3. The molecule has 2 heterocycles. The Morgan fingerprint density at radius 2 is 0.750 bits per heavy atom. The Bertz CT molecular complexity index is 1690. The molecule has 2 aliphatic heterocycles. The highest BCUT2D eigenvalue weighted by molar-refractivity contribution is 6.41. The molecule has 4 amide bonds. The molecule has 2 unspecified atom stereocenters. The highest BCUT2D eigenvalue weighted by Crippen LogP contribution is 2.46. The number of hydrogen-bond acceptors (Lipinski definition) is 4. The van der Waals surface area contributed by atoms with E-state index >= 15 is 0 Å². The summed E-state index contributed by atoms with van der Waals surface area (Å²) in [6.07, 6.45) is 3.25. The molecule has 0 radical (unpaired) electrons. The molecule has 0 spiro atoms. The Balaban J connectivity index is 1.54. The van der Waals surface area contributed by atoms with Crippen molar-refractivity contribution in [1.29, 1.82) is 0 Å². The Morgan fingerprint density at radius 1 is 0.475 bits per heavy atom. The second-order valence-electron chi connectivity index (χ2n) is 11.4. The molecule has 5 aromatic carbocycles. The van der Waals surface area contributed by atoms with Crippen LogP contribution in [0.15, 0.2) is 48.5 Å². The fraction of sp³-hybridized carbons (Fsp3) is 0.294. The molecule has 2 aliphatic rings. The second-order valence-corrected chi connectivity index (χ2v) is 11.4. The molecule has 0 aliphatic carbocycles. The molecule has 0 saturated heterocycles. The van der Waals surface area contributed by atoms with Crippen molar-refractivity contribution in [2.75, 3.05) is 0 Å². The van der Waals surface area contributed by atoms with Crippen LogP contribution in [0.2, 0.25) is 0 Å². The van der Waals surface area contributed by atoms with Gasteiger partial charge >= 0.3 is 0 Å². The number of carbonyl (C=O) groups excluding carboxylic acids is 4. The molecule has 0 N–H and O–H groups in total. The Morgan fingerprint density at radius 3 is 1.00 bits per heavy atom. The van der Waals surface area contributed by atoms with E-state index in [1.54, 1.807) is 0 Å². The fourth-order valence-corrected chi connectivity index (χ4v) is 7.20. The third-order valence-corrected chi connectivity index (χ3v) is 8.99. The summed E-state index contributed by atoms with van der Waals surface area (Å²) in [6.45, 7) is 7.95. The first kappa shape index (κ1) is 24.7. The van der Waals surface area contributed by atoms with E-state index in [-0.39, 0.29) is 35.7 Å². The summed E-state index contributed by atoms with van der Waals surface area (Å²) in [5.74, 6) is -1.02. The van der Waals surface area contributed by atoms with Crippen molar-refractivity contribution in [3.05, 3.63) is 70.8 Å². The van der Waals surface area contributed by atoms with Crippen molar-refractivity contribution in [1.82, 2.24) is 9.80 Å². The summed E-state index contributed by atoms with van der Waals surface area (Å²) in [5.41, 5.74) is 2.16. The zero-order chi connectivity index (χ0) is 28.0. The van der Waals surface area contributed by atoms with Crippen LogP contribution in [0.3, 0.4) is 0 Å². The van der Waals surface area contributed by atoms with E-state index in [0.717, 1.165) is 58.0 Å². The Labute approximate surface area is 231 Å². The van der Waals surface area contributed by atoms with Crippen LogP contribution in [0.1, 0.15) is 94.8 Å². The number of rotatable bonds is 6. The van der Waals surface area contributed by atoms with Crippen LogP contribution in [0.5, 0.6) is 0 Å².